The minimum Gasteiger partial charge on any atom is -0.491 e. The zero-order valence-corrected chi connectivity index (χ0v) is 12.9. The van der Waals surface area contributed by atoms with E-state index in [1.807, 2.05) is 26.0 Å². The van der Waals surface area contributed by atoms with E-state index in [0.29, 0.717) is 24.7 Å². The summed E-state index contributed by atoms with van der Waals surface area (Å²) in [5.74, 6) is 0.596. The van der Waals surface area contributed by atoms with Gasteiger partial charge in [0.05, 0.1) is 12.6 Å². The first-order valence-corrected chi connectivity index (χ1v) is 6.33. The summed E-state index contributed by atoms with van der Waals surface area (Å²) in [7, 11) is 1.62. The minimum atomic E-state index is -0.516. The third kappa shape index (κ3) is 6.23. The van der Waals surface area contributed by atoms with Gasteiger partial charge in [0.15, 0.2) is 0 Å². The summed E-state index contributed by atoms with van der Waals surface area (Å²) in [6.07, 6.45) is 0. The average Bonchev–Trinajstić information content (AvgIpc) is 2.38. The van der Waals surface area contributed by atoms with Gasteiger partial charge in [0.1, 0.15) is 12.4 Å². The van der Waals surface area contributed by atoms with Gasteiger partial charge in [-0.15, -0.1) is 12.4 Å². The highest BCUT2D eigenvalue weighted by Gasteiger charge is 2.17. The second-order valence-corrected chi connectivity index (χ2v) is 4.63. The van der Waals surface area contributed by atoms with Crippen LogP contribution < -0.4 is 15.8 Å². The zero-order chi connectivity index (χ0) is 14.3. The fraction of sp³-hybridized carbons (Fsp3) is 0.500. The third-order valence-electron chi connectivity index (χ3n) is 2.68. The van der Waals surface area contributed by atoms with E-state index >= 15 is 0 Å². The Bertz CT molecular complexity index is 413. The lowest BCUT2D eigenvalue weighted by molar-refractivity contribution is -0.118. The number of carbonyl (C=O) groups is 1. The second kappa shape index (κ2) is 9.58. The molecule has 0 aromatic heterocycles. The number of anilines is 1. The molecule has 0 fully saturated rings. The van der Waals surface area contributed by atoms with E-state index in [2.05, 4.69) is 5.32 Å². The van der Waals surface area contributed by atoms with Gasteiger partial charge in [-0.3, -0.25) is 4.79 Å². The lowest BCUT2D eigenvalue weighted by atomic mass is 10.0. The van der Waals surface area contributed by atoms with E-state index in [-0.39, 0.29) is 24.2 Å². The van der Waals surface area contributed by atoms with E-state index < -0.39 is 6.04 Å². The number of methoxy groups -OCH3 is 1. The van der Waals surface area contributed by atoms with Crippen LogP contribution in [0.25, 0.3) is 0 Å². The van der Waals surface area contributed by atoms with E-state index in [0.717, 1.165) is 0 Å². The van der Waals surface area contributed by atoms with Crippen LogP contribution in [-0.2, 0) is 9.53 Å². The molecule has 0 aliphatic rings. The first-order chi connectivity index (χ1) is 9.04. The number of hydrogen-bond donors (Lipinski definition) is 2. The molecule has 0 spiro atoms. The highest BCUT2D eigenvalue weighted by molar-refractivity contribution is 5.94. The summed E-state index contributed by atoms with van der Waals surface area (Å²) in [4.78, 5) is 11.8. The van der Waals surface area contributed by atoms with Crippen molar-refractivity contribution in [1.29, 1.82) is 0 Å². The quantitative estimate of drug-likeness (QED) is 0.756. The standard InChI is InChI=1S/C14H22N2O3.ClH/c1-10(2)13(15)14(17)16-11-5-4-6-12(9-11)19-8-7-18-3;/h4-6,9-10,13H,7-8,15H2,1-3H3,(H,16,17);1H/t13-;/m1./s1. The molecular formula is C14H23ClN2O3. The van der Waals surface area contributed by atoms with Crippen LogP contribution in [0.1, 0.15) is 13.8 Å². The van der Waals surface area contributed by atoms with Crippen molar-refractivity contribution in [2.75, 3.05) is 25.6 Å². The Kier molecular flexibility index (Phi) is 8.96. The molecule has 0 aliphatic carbocycles. The molecule has 20 heavy (non-hydrogen) atoms. The van der Waals surface area contributed by atoms with Crippen LogP contribution in [0.4, 0.5) is 5.69 Å². The number of nitrogens with two attached hydrogens (primary N) is 1. The van der Waals surface area contributed by atoms with Gasteiger partial charge in [0.2, 0.25) is 5.91 Å². The first kappa shape index (κ1) is 18.7. The topological polar surface area (TPSA) is 73.6 Å². The van der Waals surface area contributed by atoms with E-state index in [4.69, 9.17) is 15.2 Å². The van der Waals surface area contributed by atoms with Crippen LogP contribution in [0, 0.1) is 5.92 Å². The summed E-state index contributed by atoms with van der Waals surface area (Å²) in [5.41, 5.74) is 6.46. The molecular weight excluding hydrogens is 280 g/mol. The SMILES string of the molecule is COCCOc1cccc(NC(=O)[C@H](N)C(C)C)c1.Cl. The highest BCUT2D eigenvalue weighted by atomic mass is 35.5. The van der Waals surface area contributed by atoms with Gasteiger partial charge in [-0.25, -0.2) is 0 Å². The Balaban J connectivity index is 0.00000361. The summed E-state index contributed by atoms with van der Waals surface area (Å²) < 4.78 is 10.4. The molecule has 3 N–H and O–H groups in total. The number of carbonyl (C=O) groups excluding carboxylic acids is 1. The predicted molar refractivity (Wildman–Crippen MR) is 82.5 cm³/mol. The van der Waals surface area contributed by atoms with E-state index in [1.165, 1.54) is 0 Å². The molecule has 0 radical (unpaired) electrons. The lowest BCUT2D eigenvalue weighted by Gasteiger charge is -2.15. The van der Waals surface area contributed by atoms with E-state index in [9.17, 15) is 4.79 Å². The van der Waals surface area contributed by atoms with Crippen LogP contribution in [0.5, 0.6) is 5.75 Å². The largest absolute Gasteiger partial charge is 0.491 e. The molecule has 0 aliphatic heterocycles. The fourth-order valence-corrected chi connectivity index (χ4v) is 1.43. The number of rotatable bonds is 7. The smallest absolute Gasteiger partial charge is 0.241 e. The molecule has 1 aromatic carbocycles. The molecule has 0 bridgehead atoms. The maximum atomic E-state index is 11.8. The number of ether oxygens (including phenoxy) is 2. The summed E-state index contributed by atoms with van der Waals surface area (Å²) in [5, 5.41) is 2.78. The number of benzene rings is 1. The number of halogens is 1. The Labute approximate surface area is 126 Å². The summed E-state index contributed by atoms with van der Waals surface area (Å²) in [6.45, 7) is 4.82. The monoisotopic (exact) mass is 302 g/mol. The van der Waals surface area contributed by atoms with Crippen molar-refractivity contribution in [2.24, 2.45) is 11.7 Å². The normalized spacial score (nSPS) is 11.7. The van der Waals surface area contributed by atoms with Crippen LogP contribution in [-0.4, -0.2) is 32.3 Å². The first-order valence-electron chi connectivity index (χ1n) is 6.33. The van der Waals surface area contributed by atoms with Crippen molar-refractivity contribution >= 4 is 24.0 Å². The van der Waals surface area contributed by atoms with Gasteiger partial charge < -0.3 is 20.5 Å². The molecule has 1 atom stereocenters. The molecule has 1 amide bonds. The maximum absolute atomic E-state index is 11.8. The Morgan fingerprint density at radius 3 is 2.65 bits per heavy atom. The third-order valence-corrected chi connectivity index (χ3v) is 2.68. The van der Waals surface area contributed by atoms with Crippen LogP contribution >= 0.6 is 12.4 Å². The Morgan fingerprint density at radius 1 is 1.35 bits per heavy atom. The highest BCUT2D eigenvalue weighted by Crippen LogP contribution is 2.17. The van der Waals surface area contributed by atoms with Gasteiger partial charge in [0, 0.05) is 18.9 Å². The molecule has 0 unspecified atom stereocenters. The summed E-state index contributed by atoms with van der Waals surface area (Å²) >= 11 is 0. The van der Waals surface area contributed by atoms with E-state index in [1.54, 1.807) is 19.2 Å². The number of amides is 1. The van der Waals surface area contributed by atoms with Crippen molar-refractivity contribution in [3.8, 4) is 5.75 Å². The van der Waals surface area contributed by atoms with Crippen molar-refractivity contribution in [2.45, 2.75) is 19.9 Å². The van der Waals surface area contributed by atoms with Gasteiger partial charge in [-0.05, 0) is 18.1 Å². The molecule has 0 heterocycles. The van der Waals surface area contributed by atoms with Gasteiger partial charge in [-0.1, -0.05) is 19.9 Å². The predicted octanol–water partition coefficient (Wildman–Crippen LogP) is 2.06. The zero-order valence-electron chi connectivity index (χ0n) is 12.1. The molecule has 1 rings (SSSR count). The van der Waals surface area contributed by atoms with Crippen molar-refractivity contribution < 1.29 is 14.3 Å². The van der Waals surface area contributed by atoms with Crippen molar-refractivity contribution in [3.63, 3.8) is 0 Å². The van der Waals surface area contributed by atoms with Gasteiger partial charge in [-0.2, -0.15) is 0 Å². The molecule has 114 valence electrons. The Morgan fingerprint density at radius 2 is 2.05 bits per heavy atom. The van der Waals surface area contributed by atoms with Crippen LogP contribution in [0.3, 0.4) is 0 Å². The maximum Gasteiger partial charge on any atom is 0.241 e. The molecule has 1 aromatic rings. The second-order valence-electron chi connectivity index (χ2n) is 4.63. The minimum absolute atomic E-state index is 0. The van der Waals surface area contributed by atoms with Crippen molar-refractivity contribution in [3.05, 3.63) is 24.3 Å². The van der Waals surface area contributed by atoms with Crippen LogP contribution in [0.2, 0.25) is 0 Å². The van der Waals surface area contributed by atoms with Gasteiger partial charge in [0.25, 0.3) is 0 Å². The molecule has 0 saturated heterocycles. The Hall–Kier alpha value is -1.30. The summed E-state index contributed by atoms with van der Waals surface area (Å²) in [6, 6.07) is 6.69. The van der Waals surface area contributed by atoms with Gasteiger partial charge >= 0.3 is 0 Å². The van der Waals surface area contributed by atoms with Crippen LogP contribution in [0.15, 0.2) is 24.3 Å². The fourth-order valence-electron chi connectivity index (χ4n) is 1.43. The molecule has 6 heteroatoms. The molecule has 5 nitrogen and oxygen atoms in total. The molecule has 0 saturated carbocycles. The lowest BCUT2D eigenvalue weighted by Crippen LogP contribution is -2.39. The number of nitrogens with one attached hydrogen (secondary N) is 1. The average molecular weight is 303 g/mol. The van der Waals surface area contributed by atoms with Crippen molar-refractivity contribution in [1.82, 2.24) is 0 Å². The number of hydrogen-bond acceptors (Lipinski definition) is 4.